The lowest BCUT2D eigenvalue weighted by Gasteiger charge is -2.26. The summed E-state index contributed by atoms with van der Waals surface area (Å²) in [4.78, 5) is 2.48. The molecule has 152 valence electrons. The van der Waals surface area contributed by atoms with Crippen LogP contribution in [0.4, 0.5) is 11.4 Å². The van der Waals surface area contributed by atoms with Crippen LogP contribution in [0.25, 0.3) is 0 Å². The van der Waals surface area contributed by atoms with Crippen LogP contribution in [0.1, 0.15) is 29.5 Å². The number of hydrogen-bond acceptors (Lipinski definition) is 5. The Morgan fingerprint density at radius 1 is 0.929 bits per heavy atom. The number of ether oxygens (including phenoxy) is 2. The topological polar surface area (TPSA) is 67.9 Å². The van der Waals surface area contributed by atoms with E-state index < -0.39 is 10.0 Å². The van der Waals surface area contributed by atoms with Crippen LogP contribution >= 0.6 is 0 Å². The first-order chi connectivity index (χ1) is 13.3. The van der Waals surface area contributed by atoms with E-state index in [0.29, 0.717) is 17.2 Å². The fourth-order valence-corrected chi connectivity index (χ4v) is 5.15. The van der Waals surface area contributed by atoms with Gasteiger partial charge < -0.3 is 14.4 Å². The lowest BCUT2D eigenvalue weighted by atomic mass is 10.0. The molecule has 2 aromatic rings. The molecule has 0 radical (unpaired) electrons. The molecule has 1 saturated heterocycles. The van der Waals surface area contributed by atoms with Gasteiger partial charge in [-0.1, -0.05) is 6.07 Å². The van der Waals surface area contributed by atoms with E-state index in [1.54, 1.807) is 6.07 Å². The van der Waals surface area contributed by atoms with Crippen molar-refractivity contribution in [2.45, 2.75) is 38.5 Å². The van der Waals surface area contributed by atoms with Crippen molar-refractivity contribution in [3.05, 3.63) is 41.0 Å². The fourth-order valence-electron chi connectivity index (χ4n) is 3.94. The molecule has 1 N–H and O–H groups in total. The predicted molar refractivity (Wildman–Crippen MR) is 112 cm³/mol. The number of anilines is 2. The summed E-state index contributed by atoms with van der Waals surface area (Å²) in [6.07, 6.45) is 2.33. The van der Waals surface area contributed by atoms with E-state index in [-0.39, 0.29) is 4.90 Å². The molecule has 7 heteroatoms. The second-order valence-corrected chi connectivity index (χ2v) is 8.86. The molecule has 0 bridgehead atoms. The third-order valence-electron chi connectivity index (χ3n) is 5.26. The van der Waals surface area contributed by atoms with Gasteiger partial charge in [0.05, 0.1) is 24.8 Å². The summed E-state index contributed by atoms with van der Waals surface area (Å²) in [7, 11) is -0.772. The van der Waals surface area contributed by atoms with Gasteiger partial charge in [-0.2, -0.15) is 0 Å². The number of nitrogens with zero attached hydrogens (tertiary/aromatic N) is 1. The van der Waals surface area contributed by atoms with E-state index >= 15 is 0 Å². The molecule has 0 spiro atoms. The quantitative estimate of drug-likeness (QED) is 0.787. The first-order valence-corrected chi connectivity index (χ1v) is 10.9. The molecule has 0 aromatic heterocycles. The minimum atomic E-state index is -3.77. The second kappa shape index (κ2) is 7.91. The molecule has 0 aliphatic carbocycles. The molecule has 0 saturated carbocycles. The Labute approximate surface area is 167 Å². The van der Waals surface area contributed by atoms with Gasteiger partial charge >= 0.3 is 0 Å². The molecule has 0 unspecified atom stereocenters. The highest BCUT2D eigenvalue weighted by molar-refractivity contribution is 7.92. The van der Waals surface area contributed by atoms with Gasteiger partial charge in [-0.15, -0.1) is 0 Å². The number of nitrogens with one attached hydrogen (secondary N) is 1. The first-order valence-electron chi connectivity index (χ1n) is 9.39. The Morgan fingerprint density at radius 2 is 1.57 bits per heavy atom. The zero-order valence-corrected chi connectivity index (χ0v) is 17.9. The fraction of sp³-hybridized carbons (Fsp3) is 0.429. The monoisotopic (exact) mass is 404 g/mol. The van der Waals surface area contributed by atoms with Crippen LogP contribution in [0.2, 0.25) is 0 Å². The highest BCUT2D eigenvalue weighted by Gasteiger charge is 2.23. The van der Waals surface area contributed by atoms with Crippen LogP contribution < -0.4 is 19.1 Å². The molecular weight excluding hydrogens is 376 g/mol. The van der Waals surface area contributed by atoms with Crippen molar-refractivity contribution in [2.24, 2.45) is 0 Å². The Kier molecular flexibility index (Phi) is 5.74. The average molecular weight is 405 g/mol. The van der Waals surface area contributed by atoms with E-state index in [2.05, 4.69) is 16.5 Å². The Hall–Kier alpha value is -2.41. The molecule has 1 fully saturated rings. The van der Waals surface area contributed by atoms with E-state index in [1.807, 2.05) is 19.9 Å². The molecule has 1 heterocycles. The third kappa shape index (κ3) is 3.76. The number of methoxy groups -OCH3 is 2. The standard InChI is InChI=1S/C21H28N2O4S/c1-14-12-15(2)21(23-10-6-7-11-23)16(3)20(14)22-28(24,25)17-8-9-18(26-4)19(13-17)27-5/h8-9,12-13,22H,6-7,10-11H2,1-5H3. The Balaban J connectivity index is 2.02. The summed E-state index contributed by atoms with van der Waals surface area (Å²) in [5.74, 6) is 0.862. The summed E-state index contributed by atoms with van der Waals surface area (Å²) in [6, 6.07) is 6.64. The Bertz CT molecular complexity index is 980. The molecule has 0 atom stereocenters. The Morgan fingerprint density at radius 3 is 2.18 bits per heavy atom. The summed E-state index contributed by atoms with van der Waals surface area (Å²) < 4.78 is 39.4. The maximum absolute atomic E-state index is 13.1. The highest BCUT2D eigenvalue weighted by atomic mass is 32.2. The van der Waals surface area contributed by atoms with E-state index in [0.717, 1.165) is 29.9 Å². The minimum Gasteiger partial charge on any atom is -0.493 e. The maximum Gasteiger partial charge on any atom is 0.262 e. The zero-order chi connectivity index (χ0) is 20.5. The van der Waals surface area contributed by atoms with Gasteiger partial charge in [0.1, 0.15) is 0 Å². The van der Waals surface area contributed by atoms with Crippen molar-refractivity contribution in [2.75, 3.05) is 36.9 Å². The summed E-state index contributed by atoms with van der Waals surface area (Å²) >= 11 is 0. The third-order valence-corrected chi connectivity index (χ3v) is 6.60. The van der Waals surface area contributed by atoms with Gasteiger partial charge in [0.25, 0.3) is 10.0 Å². The van der Waals surface area contributed by atoms with Crippen LogP contribution in [0, 0.1) is 20.8 Å². The van der Waals surface area contributed by atoms with Gasteiger partial charge in [-0.25, -0.2) is 8.42 Å². The van der Waals surface area contributed by atoms with E-state index in [4.69, 9.17) is 9.47 Å². The predicted octanol–water partition coefficient (Wildman–Crippen LogP) is 4.03. The molecule has 28 heavy (non-hydrogen) atoms. The molecule has 0 amide bonds. The van der Waals surface area contributed by atoms with Crippen molar-refractivity contribution in [1.29, 1.82) is 0 Å². The molecule has 3 rings (SSSR count). The van der Waals surface area contributed by atoms with Gasteiger partial charge in [0.15, 0.2) is 11.5 Å². The van der Waals surface area contributed by atoms with Crippen molar-refractivity contribution in [3.63, 3.8) is 0 Å². The number of rotatable bonds is 6. The summed E-state index contributed by atoms with van der Waals surface area (Å²) in [6.45, 7) is 8.01. The first kappa shape index (κ1) is 20.3. The van der Waals surface area contributed by atoms with Crippen molar-refractivity contribution >= 4 is 21.4 Å². The number of hydrogen-bond donors (Lipinski definition) is 1. The molecule has 2 aromatic carbocycles. The highest BCUT2D eigenvalue weighted by Crippen LogP contribution is 2.37. The smallest absolute Gasteiger partial charge is 0.262 e. The minimum absolute atomic E-state index is 0.132. The second-order valence-electron chi connectivity index (χ2n) is 7.18. The lowest BCUT2D eigenvalue weighted by Crippen LogP contribution is -2.22. The van der Waals surface area contributed by atoms with E-state index in [1.165, 1.54) is 44.8 Å². The van der Waals surface area contributed by atoms with Crippen molar-refractivity contribution in [1.82, 2.24) is 0 Å². The number of sulfonamides is 1. The maximum atomic E-state index is 13.1. The largest absolute Gasteiger partial charge is 0.493 e. The SMILES string of the molecule is COc1ccc(S(=O)(=O)Nc2c(C)cc(C)c(N3CCCC3)c2C)cc1OC. The number of aryl methyl sites for hydroxylation is 2. The zero-order valence-electron chi connectivity index (χ0n) is 17.1. The normalized spacial score (nSPS) is 14.2. The lowest BCUT2D eigenvalue weighted by molar-refractivity contribution is 0.354. The molecule has 1 aliphatic heterocycles. The van der Waals surface area contributed by atoms with Crippen LogP contribution in [0.3, 0.4) is 0 Å². The summed E-state index contributed by atoms with van der Waals surface area (Å²) in [5, 5.41) is 0. The van der Waals surface area contributed by atoms with E-state index in [9.17, 15) is 8.42 Å². The average Bonchev–Trinajstić information content (AvgIpc) is 3.18. The van der Waals surface area contributed by atoms with Crippen molar-refractivity contribution in [3.8, 4) is 11.5 Å². The van der Waals surface area contributed by atoms with Crippen LogP contribution in [-0.4, -0.2) is 35.7 Å². The molecular formula is C21H28N2O4S. The van der Waals surface area contributed by atoms with Crippen molar-refractivity contribution < 1.29 is 17.9 Å². The van der Waals surface area contributed by atoms with Gasteiger partial charge in [-0.05, 0) is 62.4 Å². The molecule has 1 aliphatic rings. The number of benzene rings is 2. The van der Waals surface area contributed by atoms with Crippen LogP contribution in [0.5, 0.6) is 11.5 Å². The van der Waals surface area contributed by atoms with Crippen LogP contribution in [0.15, 0.2) is 29.2 Å². The van der Waals surface area contributed by atoms with Gasteiger partial charge in [0, 0.05) is 24.8 Å². The van der Waals surface area contributed by atoms with Crippen LogP contribution in [-0.2, 0) is 10.0 Å². The van der Waals surface area contributed by atoms with Gasteiger partial charge in [-0.3, -0.25) is 4.72 Å². The summed E-state index contributed by atoms with van der Waals surface area (Å²) in [5.41, 5.74) is 4.81. The van der Waals surface area contributed by atoms with Gasteiger partial charge in [0.2, 0.25) is 0 Å². The molecule has 6 nitrogen and oxygen atoms in total.